The highest BCUT2D eigenvalue weighted by Gasteiger charge is 2.04. The van der Waals surface area contributed by atoms with Gasteiger partial charge in [-0.25, -0.2) is 4.98 Å². The molecule has 0 saturated carbocycles. The van der Waals surface area contributed by atoms with Crippen LogP contribution in [0.15, 0.2) is 12.1 Å². The molecule has 0 spiro atoms. The number of aromatic nitrogens is 1. The minimum Gasteiger partial charge on any atom is -0.477 e. The fourth-order valence-electron chi connectivity index (χ4n) is 1.67. The Morgan fingerprint density at radius 1 is 1.44 bits per heavy atom. The molecule has 0 saturated heterocycles. The van der Waals surface area contributed by atoms with Crippen LogP contribution in [-0.4, -0.2) is 11.6 Å². The number of hydrogen-bond donors (Lipinski definition) is 1. The molecule has 0 fully saturated rings. The molecule has 0 aliphatic carbocycles. The number of rotatable bonds is 6. The molecule has 2 N–H and O–H groups in total. The van der Waals surface area contributed by atoms with Crippen LogP contribution in [0.4, 0.5) is 0 Å². The number of aryl methyl sites for hydroxylation is 1. The quantitative estimate of drug-likeness (QED) is 0.805. The highest BCUT2D eigenvalue weighted by atomic mass is 16.5. The summed E-state index contributed by atoms with van der Waals surface area (Å²) in [7, 11) is 0. The molecule has 0 aliphatic heterocycles. The third kappa shape index (κ3) is 3.81. The zero-order valence-electron chi connectivity index (χ0n) is 10.5. The molecule has 0 bridgehead atoms. The van der Waals surface area contributed by atoms with Gasteiger partial charge in [-0.3, -0.25) is 0 Å². The summed E-state index contributed by atoms with van der Waals surface area (Å²) in [5.74, 6) is 1.29. The Labute approximate surface area is 98.0 Å². The highest BCUT2D eigenvalue weighted by Crippen LogP contribution is 2.14. The van der Waals surface area contributed by atoms with E-state index >= 15 is 0 Å². The summed E-state index contributed by atoms with van der Waals surface area (Å²) < 4.78 is 5.65. The van der Waals surface area contributed by atoms with Gasteiger partial charge in [-0.2, -0.15) is 0 Å². The van der Waals surface area contributed by atoms with Crippen LogP contribution in [0.1, 0.15) is 37.9 Å². The summed E-state index contributed by atoms with van der Waals surface area (Å²) >= 11 is 0. The third-order valence-electron chi connectivity index (χ3n) is 2.69. The molecular formula is C13H22N2O. The zero-order valence-corrected chi connectivity index (χ0v) is 10.5. The molecule has 3 heteroatoms. The van der Waals surface area contributed by atoms with Crippen LogP contribution in [0.5, 0.6) is 5.88 Å². The van der Waals surface area contributed by atoms with E-state index in [9.17, 15) is 0 Å². The van der Waals surface area contributed by atoms with Gasteiger partial charge in [0.1, 0.15) is 0 Å². The number of nitrogens with two attached hydrogens (primary N) is 1. The molecular weight excluding hydrogens is 200 g/mol. The maximum atomic E-state index is 5.65. The van der Waals surface area contributed by atoms with Crippen molar-refractivity contribution in [3.8, 4) is 5.88 Å². The Morgan fingerprint density at radius 2 is 2.19 bits per heavy atom. The van der Waals surface area contributed by atoms with E-state index in [0.29, 0.717) is 18.3 Å². The smallest absolute Gasteiger partial charge is 0.213 e. The Morgan fingerprint density at radius 3 is 2.75 bits per heavy atom. The molecule has 1 atom stereocenters. The first kappa shape index (κ1) is 13.0. The fraction of sp³-hybridized carbons (Fsp3) is 0.615. The summed E-state index contributed by atoms with van der Waals surface area (Å²) in [6, 6.07) is 3.88. The topological polar surface area (TPSA) is 48.1 Å². The molecule has 3 nitrogen and oxygen atoms in total. The standard InChI is InChI=1S/C13H22N2O/c1-4-5-10(2)9-16-13-7-6-12(8-14)11(3)15-13/h6-7,10H,4-5,8-9,14H2,1-3H3. The van der Waals surface area contributed by atoms with Crippen molar-refractivity contribution in [3.63, 3.8) is 0 Å². The van der Waals surface area contributed by atoms with E-state index in [0.717, 1.165) is 17.9 Å². The van der Waals surface area contributed by atoms with Crippen molar-refractivity contribution in [3.05, 3.63) is 23.4 Å². The van der Waals surface area contributed by atoms with Gasteiger partial charge in [0.25, 0.3) is 0 Å². The van der Waals surface area contributed by atoms with E-state index in [1.807, 2.05) is 19.1 Å². The summed E-state index contributed by atoms with van der Waals surface area (Å²) in [5, 5.41) is 0. The van der Waals surface area contributed by atoms with E-state index in [1.165, 1.54) is 12.8 Å². The van der Waals surface area contributed by atoms with Gasteiger partial charge >= 0.3 is 0 Å². The van der Waals surface area contributed by atoms with Crippen molar-refractivity contribution in [2.45, 2.75) is 40.2 Å². The predicted molar refractivity (Wildman–Crippen MR) is 66.4 cm³/mol. The van der Waals surface area contributed by atoms with Crippen LogP contribution in [0.25, 0.3) is 0 Å². The van der Waals surface area contributed by atoms with E-state index < -0.39 is 0 Å². The second-order valence-corrected chi connectivity index (χ2v) is 4.30. The SMILES string of the molecule is CCCC(C)COc1ccc(CN)c(C)n1. The number of nitrogens with zero attached hydrogens (tertiary/aromatic N) is 1. The maximum Gasteiger partial charge on any atom is 0.213 e. The van der Waals surface area contributed by atoms with E-state index in [2.05, 4.69) is 18.8 Å². The van der Waals surface area contributed by atoms with Crippen molar-refractivity contribution >= 4 is 0 Å². The lowest BCUT2D eigenvalue weighted by Crippen LogP contribution is -2.10. The van der Waals surface area contributed by atoms with Gasteiger partial charge in [0.2, 0.25) is 5.88 Å². The van der Waals surface area contributed by atoms with Crippen LogP contribution in [0, 0.1) is 12.8 Å². The normalized spacial score (nSPS) is 12.5. The van der Waals surface area contributed by atoms with Gasteiger partial charge in [0.05, 0.1) is 6.61 Å². The predicted octanol–water partition coefficient (Wildman–Crippen LogP) is 2.66. The lowest BCUT2D eigenvalue weighted by molar-refractivity contribution is 0.242. The molecule has 16 heavy (non-hydrogen) atoms. The zero-order chi connectivity index (χ0) is 12.0. The van der Waals surface area contributed by atoms with E-state index in [4.69, 9.17) is 10.5 Å². The second-order valence-electron chi connectivity index (χ2n) is 4.30. The van der Waals surface area contributed by atoms with Crippen molar-refractivity contribution in [1.82, 2.24) is 4.98 Å². The first-order chi connectivity index (χ1) is 7.67. The van der Waals surface area contributed by atoms with Crippen LogP contribution >= 0.6 is 0 Å². The summed E-state index contributed by atoms with van der Waals surface area (Å²) in [6.07, 6.45) is 2.39. The van der Waals surface area contributed by atoms with Crippen molar-refractivity contribution < 1.29 is 4.74 Å². The first-order valence-electron chi connectivity index (χ1n) is 5.96. The summed E-state index contributed by atoms with van der Waals surface area (Å²) in [6.45, 7) is 7.62. The average molecular weight is 222 g/mol. The van der Waals surface area contributed by atoms with Crippen LogP contribution < -0.4 is 10.5 Å². The molecule has 1 heterocycles. The molecule has 0 aliphatic rings. The van der Waals surface area contributed by atoms with Gasteiger partial charge in [-0.05, 0) is 24.8 Å². The monoisotopic (exact) mass is 222 g/mol. The maximum absolute atomic E-state index is 5.65. The average Bonchev–Trinajstić information content (AvgIpc) is 2.27. The molecule has 0 amide bonds. The van der Waals surface area contributed by atoms with Gasteiger partial charge in [0.15, 0.2) is 0 Å². The molecule has 1 unspecified atom stereocenters. The lowest BCUT2D eigenvalue weighted by Gasteiger charge is -2.12. The number of hydrogen-bond acceptors (Lipinski definition) is 3. The molecule has 0 aromatic carbocycles. The Balaban J connectivity index is 2.51. The Bertz CT molecular complexity index is 326. The van der Waals surface area contributed by atoms with Crippen molar-refractivity contribution in [2.75, 3.05) is 6.61 Å². The van der Waals surface area contributed by atoms with Gasteiger partial charge in [-0.1, -0.05) is 26.3 Å². The molecule has 1 aromatic heterocycles. The Kier molecular flexibility index (Phi) is 5.26. The van der Waals surface area contributed by atoms with E-state index in [1.54, 1.807) is 0 Å². The van der Waals surface area contributed by atoms with Crippen LogP contribution in [0.3, 0.4) is 0 Å². The minimum absolute atomic E-state index is 0.533. The summed E-state index contributed by atoms with van der Waals surface area (Å²) in [5.41, 5.74) is 7.62. The lowest BCUT2D eigenvalue weighted by atomic mass is 10.1. The van der Waals surface area contributed by atoms with Gasteiger partial charge < -0.3 is 10.5 Å². The Hall–Kier alpha value is -1.09. The molecule has 1 rings (SSSR count). The largest absolute Gasteiger partial charge is 0.477 e. The highest BCUT2D eigenvalue weighted by molar-refractivity contribution is 5.24. The first-order valence-corrected chi connectivity index (χ1v) is 5.96. The molecule has 1 aromatic rings. The van der Waals surface area contributed by atoms with Crippen molar-refractivity contribution in [2.24, 2.45) is 11.7 Å². The fourth-order valence-corrected chi connectivity index (χ4v) is 1.67. The molecule has 90 valence electrons. The second kappa shape index (κ2) is 6.48. The van der Waals surface area contributed by atoms with Crippen LogP contribution in [-0.2, 0) is 6.54 Å². The minimum atomic E-state index is 0.533. The van der Waals surface area contributed by atoms with Crippen molar-refractivity contribution in [1.29, 1.82) is 0 Å². The molecule has 0 radical (unpaired) electrons. The number of ether oxygens (including phenoxy) is 1. The number of pyridine rings is 1. The third-order valence-corrected chi connectivity index (χ3v) is 2.69. The summed E-state index contributed by atoms with van der Waals surface area (Å²) in [4.78, 5) is 4.37. The van der Waals surface area contributed by atoms with Gasteiger partial charge in [0, 0.05) is 18.3 Å². The van der Waals surface area contributed by atoms with Crippen LogP contribution in [0.2, 0.25) is 0 Å². The van der Waals surface area contributed by atoms with Gasteiger partial charge in [-0.15, -0.1) is 0 Å². The van der Waals surface area contributed by atoms with E-state index in [-0.39, 0.29) is 0 Å².